The van der Waals surface area contributed by atoms with Crippen LogP contribution in [0.3, 0.4) is 0 Å². The molecule has 0 aliphatic rings. The highest BCUT2D eigenvalue weighted by molar-refractivity contribution is 6.31. The monoisotopic (exact) mass is 286 g/mol. The van der Waals surface area contributed by atoms with Crippen molar-refractivity contribution in [2.45, 2.75) is 26.0 Å². The first-order chi connectivity index (χ1) is 8.81. The maximum Gasteiger partial charge on any atom is 0.328 e. The number of urea groups is 1. The van der Waals surface area contributed by atoms with E-state index in [1.165, 1.54) is 6.92 Å². The molecule has 0 fully saturated rings. The van der Waals surface area contributed by atoms with Crippen molar-refractivity contribution in [3.05, 3.63) is 28.8 Å². The summed E-state index contributed by atoms with van der Waals surface area (Å²) < 4.78 is 0. The molecule has 2 amide bonds. The minimum absolute atomic E-state index is 0.433. The first-order valence-corrected chi connectivity index (χ1v) is 5.93. The molecule has 2 atom stereocenters. The average molecular weight is 287 g/mol. The Morgan fingerprint density at radius 2 is 2.00 bits per heavy atom. The third kappa shape index (κ3) is 4.42. The fourth-order valence-electron chi connectivity index (χ4n) is 1.37. The lowest BCUT2D eigenvalue weighted by molar-refractivity contribution is -0.141. The summed E-state index contributed by atoms with van der Waals surface area (Å²) in [6.45, 7) is 3.10. The predicted molar refractivity (Wildman–Crippen MR) is 71.4 cm³/mol. The van der Waals surface area contributed by atoms with E-state index in [9.17, 15) is 14.7 Å². The van der Waals surface area contributed by atoms with E-state index in [2.05, 4.69) is 10.6 Å². The second kappa shape index (κ2) is 6.40. The highest BCUT2D eigenvalue weighted by Gasteiger charge is 2.24. The van der Waals surface area contributed by atoms with Gasteiger partial charge in [-0.1, -0.05) is 17.7 Å². The molecule has 4 N–H and O–H groups in total. The van der Waals surface area contributed by atoms with E-state index in [0.717, 1.165) is 5.56 Å². The number of rotatable bonds is 4. The van der Waals surface area contributed by atoms with E-state index in [4.69, 9.17) is 16.7 Å². The normalized spacial score (nSPS) is 13.5. The minimum atomic E-state index is -1.37. The topological polar surface area (TPSA) is 98.7 Å². The van der Waals surface area contributed by atoms with Crippen molar-refractivity contribution in [2.24, 2.45) is 0 Å². The molecule has 0 heterocycles. The molecule has 0 aliphatic heterocycles. The Hall–Kier alpha value is -1.79. The lowest BCUT2D eigenvalue weighted by atomic mass is 10.2. The van der Waals surface area contributed by atoms with E-state index in [1.807, 2.05) is 6.92 Å². The number of aliphatic hydroxyl groups excluding tert-OH is 1. The van der Waals surface area contributed by atoms with Crippen LogP contribution in [0.4, 0.5) is 10.5 Å². The smallest absolute Gasteiger partial charge is 0.328 e. The van der Waals surface area contributed by atoms with Gasteiger partial charge in [-0.05, 0) is 31.5 Å². The van der Waals surface area contributed by atoms with Crippen LogP contribution in [0.25, 0.3) is 0 Å². The number of carbonyl (C=O) groups is 2. The molecule has 6 nitrogen and oxygen atoms in total. The summed E-state index contributed by atoms with van der Waals surface area (Å²) in [5.41, 5.74) is 1.29. The minimum Gasteiger partial charge on any atom is -0.480 e. The number of halogens is 1. The number of anilines is 1. The number of hydrogen-bond donors (Lipinski definition) is 4. The molecular formula is C12H15ClN2O4. The Kier molecular flexibility index (Phi) is 5.14. The summed E-state index contributed by atoms with van der Waals surface area (Å²) >= 11 is 5.90. The highest BCUT2D eigenvalue weighted by atomic mass is 35.5. The molecular weight excluding hydrogens is 272 g/mol. The summed E-state index contributed by atoms with van der Waals surface area (Å²) in [5, 5.41) is 23.1. The van der Waals surface area contributed by atoms with E-state index < -0.39 is 24.1 Å². The number of aryl methyl sites for hydroxylation is 1. The summed E-state index contributed by atoms with van der Waals surface area (Å²) in [5.74, 6) is -1.31. The zero-order valence-electron chi connectivity index (χ0n) is 10.5. The maximum atomic E-state index is 11.6. The molecule has 0 radical (unpaired) electrons. The Balaban J connectivity index is 2.69. The van der Waals surface area contributed by atoms with Gasteiger partial charge in [0.25, 0.3) is 0 Å². The zero-order chi connectivity index (χ0) is 14.6. The van der Waals surface area contributed by atoms with E-state index in [1.54, 1.807) is 18.2 Å². The number of benzene rings is 1. The Morgan fingerprint density at radius 1 is 1.37 bits per heavy atom. The van der Waals surface area contributed by atoms with Crippen molar-refractivity contribution < 1.29 is 19.8 Å². The molecule has 0 saturated heterocycles. The highest BCUT2D eigenvalue weighted by Crippen LogP contribution is 2.19. The molecule has 0 aromatic heterocycles. The van der Waals surface area contributed by atoms with Crippen molar-refractivity contribution in [3.8, 4) is 0 Å². The molecule has 104 valence electrons. The quantitative estimate of drug-likeness (QED) is 0.676. The van der Waals surface area contributed by atoms with Gasteiger partial charge >= 0.3 is 12.0 Å². The van der Waals surface area contributed by atoms with Gasteiger partial charge in [0.15, 0.2) is 6.04 Å². The molecule has 0 saturated carbocycles. The van der Waals surface area contributed by atoms with Gasteiger partial charge in [-0.15, -0.1) is 0 Å². The van der Waals surface area contributed by atoms with E-state index in [0.29, 0.717) is 10.7 Å². The van der Waals surface area contributed by atoms with Crippen molar-refractivity contribution in [1.82, 2.24) is 5.32 Å². The number of carboxylic acids is 1. The second-order valence-electron chi connectivity index (χ2n) is 4.12. The third-order valence-electron chi connectivity index (χ3n) is 2.46. The summed E-state index contributed by atoms with van der Waals surface area (Å²) in [4.78, 5) is 22.4. The fraction of sp³-hybridized carbons (Fsp3) is 0.333. The van der Waals surface area contributed by atoms with Gasteiger partial charge in [-0.25, -0.2) is 9.59 Å². The molecule has 19 heavy (non-hydrogen) atoms. The Bertz CT molecular complexity index is 491. The standard InChI is InChI=1S/C12H15ClN2O4/c1-6-3-4-8(5-9(6)13)14-12(19)15-10(7(2)16)11(17)18/h3-5,7,10,16H,1-2H3,(H,17,18)(H2,14,15,19)/t7-,10+/m1/s1. The van der Waals surface area contributed by atoms with Crippen LogP contribution >= 0.6 is 11.6 Å². The number of aliphatic carboxylic acids is 1. The molecule has 1 aromatic rings. The van der Waals surface area contributed by atoms with Gasteiger partial charge in [0.05, 0.1) is 6.10 Å². The van der Waals surface area contributed by atoms with Gasteiger partial charge in [-0.2, -0.15) is 0 Å². The second-order valence-corrected chi connectivity index (χ2v) is 4.53. The van der Waals surface area contributed by atoms with Crippen molar-refractivity contribution in [3.63, 3.8) is 0 Å². The molecule has 1 aromatic carbocycles. The van der Waals surface area contributed by atoms with Gasteiger partial charge in [0.2, 0.25) is 0 Å². The molecule has 0 unspecified atom stereocenters. The third-order valence-corrected chi connectivity index (χ3v) is 2.87. The van der Waals surface area contributed by atoms with Gasteiger partial charge < -0.3 is 20.8 Å². The number of aliphatic hydroxyl groups is 1. The van der Waals surface area contributed by atoms with Gasteiger partial charge in [-0.3, -0.25) is 0 Å². The maximum absolute atomic E-state index is 11.6. The number of nitrogens with one attached hydrogen (secondary N) is 2. The zero-order valence-corrected chi connectivity index (χ0v) is 11.2. The first-order valence-electron chi connectivity index (χ1n) is 5.56. The summed E-state index contributed by atoms with van der Waals surface area (Å²) in [7, 11) is 0. The van der Waals surface area contributed by atoms with Gasteiger partial charge in [0, 0.05) is 10.7 Å². The Labute approximate surface area is 115 Å². The Morgan fingerprint density at radius 3 is 2.47 bits per heavy atom. The van der Waals surface area contributed by atoms with Crippen LogP contribution in [0, 0.1) is 6.92 Å². The average Bonchev–Trinajstić information content (AvgIpc) is 2.30. The van der Waals surface area contributed by atoms with Crippen LogP contribution in [0.15, 0.2) is 18.2 Å². The van der Waals surface area contributed by atoms with Crippen LogP contribution in [0.2, 0.25) is 5.02 Å². The molecule has 7 heteroatoms. The van der Waals surface area contributed by atoms with Crippen molar-refractivity contribution >= 4 is 29.3 Å². The lowest BCUT2D eigenvalue weighted by Gasteiger charge is -2.17. The van der Waals surface area contributed by atoms with Crippen molar-refractivity contribution in [2.75, 3.05) is 5.32 Å². The summed E-state index contributed by atoms with van der Waals surface area (Å²) in [6.07, 6.45) is -1.20. The van der Waals surface area contributed by atoms with Crippen LogP contribution in [0.5, 0.6) is 0 Å². The fourth-order valence-corrected chi connectivity index (χ4v) is 1.55. The largest absolute Gasteiger partial charge is 0.480 e. The molecule has 0 bridgehead atoms. The predicted octanol–water partition coefficient (Wildman–Crippen LogP) is 1.60. The SMILES string of the molecule is Cc1ccc(NC(=O)N[C@H](C(=O)O)[C@@H](C)O)cc1Cl. The molecule has 1 rings (SSSR count). The number of carbonyl (C=O) groups excluding carboxylic acids is 1. The molecule has 0 aliphatic carbocycles. The van der Waals surface area contributed by atoms with Crippen LogP contribution < -0.4 is 10.6 Å². The van der Waals surface area contributed by atoms with Gasteiger partial charge in [0.1, 0.15) is 0 Å². The number of carboxylic acid groups (broad SMARTS) is 1. The molecule has 0 spiro atoms. The van der Waals surface area contributed by atoms with E-state index in [-0.39, 0.29) is 0 Å². The number of amides is 2. The van der Waals surface area contributed by atoms with Crippen LogP contribution in [-0.4, -0.2) is 34.4 Å². The van der Waals surface area contributed by atoms with Crippen LogP contribution in [-0.2, 0) is 4.79 Å². The van der Waals surface area contributed by atoms with Crippen LogP contribution in [0.1, 0.15) is 12.5 Å². The first kappa shape index (κ1) is 15.3. The van der Waals surface area contributed by atoms with Crippen molar-refractivity contribution in [1.29, 1.82) is 0 Å². The lowest BCUT2D eigenvalue weighted by Crippen LogP contribution is -2.49. The summed E-state index contributed by atoms with van der Waals surface area (Å²) in [6, 6.07) is 2.81. The van der Waals surface area contributed by atoms with E-state index >= 15 is 0 Å². The number of hydrogen-bond acceptors (Lipinski definition) is 3.